The third-order valence-electron chi connectivity index (χ3n) is 2.40. The first-order chi connectivity index (χ1) is 9.83. The number of hydrogen-bond donors (Lipinski definition) is 1. The van der Waals surface area contributed by atoms with Crippen molar-refractivity contribution >= 4 is 11.6 Å². The van der Waals surface area contributed by atoms with Crippen LogP contribution in [0, 0.1) is 0 Å². The Morgan fingerprint density at radius 3 is 2.52 bits per heavy atom. The van der Waals surface area contributed by atoms with Gasteiger partial charge >= 0.3 is 6.36 Å². The Balaban J connectivity index is 1.94. The molecule has 7 nitrogen and oxygen atoms in total. The summed E-state index contributed by atoms with van der Waals surface area (Å²) in [6, 6.07) is 4.81. The van der Waals surface area contributed by atoms with Gasteiger partial charge in [0.05, 0.1) is 6.42 Å². The van der Waals surface area contributed by atoms with E-state index in [-0.39, 0.29) is 12.2 Å². The first-order valence-corrected chi connectivity index (χ1v) is 5.70. The number of benzene rings is 1. The molecule has 1 amide bonds. The summed E-state index contributed by atoms with van der Waals surface area (Å²) < 4.78 is 41.0. The van der Waals surface area contributed by atoms with Crippen LogP contribution in [-0.2, 0) is 18.3 Å². The number of aryl methyl sites for hydroxylation is 1. The smallest absolute Gasteiger partial charge is 0.406 e. The molecule has 21 heavy (non-hydrogen) atoms. The molecule has 0 spiro atoms. The third kappa shape index (κ3) is 4.44. The van der Waals surface area contributed by atoms with E-state index in [4.69, 9.17) is 0 Å². The minimum absolute atomic E-state index is 0.0513. The number of carbonyl (C=O) groups excluding carboxylic acids is 1. The molecule has 2 rings (SSSR count). The number of nitrogens with one attached hydrogen (secondary N) is 1. The molecule has 2 aromatic rings. The number of alkyl halides is 3. The molecule has 112 valence electrons. The number of ether oxygens (including phenoxy) is 1. The third-order valence-corrected chi connectivity index (χ3v) is 2.40. The van der Waals surface area contributed by atoms with Crippen LogP contribution < -0.4 is 10.1 Å². The fourth-order valence-electron chi connectivity index (χ4n) is 1.49. The maximum Gasteiger partial charge on any atom is 0.573 e. The predicted molar refractivity (Wildman–Crippen MR) is 64.3 cm³/mol. The van der Waals surface area contributed by atoms with Crippen molar-refractivity contribution in [3.05, 3.63) is 30.1 Å². The molecule has 0 aliphatic carbocycles. The summed E-state index contributed by atoms with van der Waals surface area (Å²) >= 11 is 0. The van der Waals surface area contributed by atoms with Crippen molar-refractivity contribution in [1.82, 2.24) is 20.2 Å². The second-order valence-electron chi connectivity index (χ2n) is 4.02. The summed E-state index contributed by atoms with van der Waals surface area (Å²) in [5, 5.41) is 13.1. The number of tetrazole rings is 1. The van der Waals surface area contributed by atoms with Gasteiger partial charge in [0, 0.05) is 12.7 Å². The lowest BCUT2D eigenvalue weighted by Crippen LogP contribution is -2.18. The number of nitrogens with zero attached hydrogens (tertiary/aromatic N) is 4. The summed E-state index contributed by atoms with van der Waals surface area (Å²) in [5.74, 6) is -0.389. The minimum atomic E-state index is -4.75. The highest BCUT2D eigenvalue weighted by Gasteiger charge is 2.30. The number of aromatic nitrogens is 4. The van der Waals surface area contributed by atoms with Gasteiger partial charge in [-0.15, -0.1) is 18.3 Å². The van der Waals surface area contributed by atoms with Crippen LogP contribution in [0.2, 0.25) is 0 Å². The van der Waals surface area contributed by atoms with Crippen LogP contribution in [0.1, 0.15) is 5.82 Å². The Kier molecular flexibility index (Phi) is 4.05. The maximum absolute atomic E-state index is 12.0. The molecular weight excluding hydrogens is 291 g/mol. The Hall–Kier alpha value is -2.65. The number of hydrogen-bond acceptors (Lipinski definition) is 5. The van der Waals surface area contributed by atoms with Crippen LogP contribution in [0.25, 0.3) is 0 Å². The highest BCUT2D eigenvalue weighted by atomic mass is 19.4. The highest BCUT2D eigenvalue weighted by Crippen LogP contribution is 2.23. The molecule has 1 heterocycles. The zero-order chi connectivity index (χ0) is 15.5. The molecule has 0 atom stereocenters. The van der Waals surface area contributed by atoms with E-state index in [0.29, 0.717) is 11.5 Å². The lowest BCUT2D eigenvalue weighted by Gasteiger charge is -2.09. The molecule has 0 fully saturated rings. The summed E-state index contributed by atoms with van der Waals surface area (Å²) in [6.45, 7) is 0. The highest BCUT2D eigenvalue weighted by molar-refractivity contribution is 5.91. The van der Waals surface area contributed by atoms with E-state index in [1.54, 1.807) is 7.05 Å². The first kappa shape index (κ1) is 14.8. The molecule has 1 N–H and O–H groups in total. The number of rotatable bonds is 4. The van der Waals surface area contributed by atoms with Gasteiger partial charge in [-0.2, -0.15) is 0 Å². The normalized spacial score (nSPS) is 11.2. The van der Waals surface area contributed by atoms with Gasteiger partial charge in [0.25, 0.3) is 0 Å². The van der Waals surface area contributed by atoms with Gasteiger partial charge < -0.3 is 10.1 Å². The molecule has 10 heteroatoms. The molecule has 0 radical (unpaired) electrons. The van der Waals surface area contributed by atoms with Gasteiger partial charge in [-0.05, 0) is 34.7 Å². The van der Waals surface area contributed by atoms with Crippen LogP contribution in [-0.4, -0.2) is 32.5 Å². The topological polar surface area (TPSA) is 81.9 Å². The predicted octanol–water partition coefficient (Wildman–Crippen LogP) is 1.29. The number of amides is 1. The Bertz CT molecular complexity index is 624. The second-order valence-corrected chi connectivity index (χ2v) is 4.02. The number of carbonyl (C=O) groups is 1. The van der Waals surface area contributed by atoms with Gasteiger partial charge in [-0.25, -0.2) is 4.68 Å². The minimum Gasteiger partial charge on any atom is -0.406 e. The van der Waals surface area contributed by atoms with E-state index in [9.17, 15) is 18.0 Å². The monoisotopic (exact) mass is 301 g/mol. The molecule has 0 bridgehead atoms. The molecule has 0 aliphatic heterocycles. The van der Waals surface area contributed by atoms with Gasteiger partial charge in [0.15, 0.2) is 5.82 Å². The Morgan fingerprint density at radius 1 is 1.33 bits per heavy atom. The quantitative estimate of drug-likeness (QED) is 0.920. The van der Waals surface area contributed by atoms with Crippen molar-refractivity contribution < 1.29 is 22.7 Å². The van der Waals surface area contributed by atoms with Crippen molar-refractivity contribution in [3.8, 4) is 5.75 Å². The van der Waals surface area contributed by atoms with Gasteiger partial charge in [0.2, 0.25) is 5.91 Å². The second kappa shape index (κ2) is 5.77. The lowest BCUT2D eigenvalue weighted by atomic mass is 10.3. The van der Waals surface area contributed by atoms with E-state index < -0.39 is 12.3 Å². The zero-order valence-corrected chi connectivity index (χ0v) is 10.8. The van der Waals surface area contributed by atoms with E-state index in [0.717, 1.165) is 12.1 Å². The van der Waals surface area contributed by atoms with E-state index in [1.807, 2.05) is 0 Å². The standard InChI is InChI=1S/C11H10F3N5O2/c1-19-9(16-17-18-19)6-10(20)15-7-2-4-8(5-3-7)21-11(12,13)14/h2-5H,6H2,1H3,(H,15,20). The summed E-state index contributed by atoms with van der Waals surface area (Å²) in [6.07, 6.45) is -4.80. The van der Waals surface area contributed by atoms with Gasteiger partial charge in [0.1, 0.15) is 5.75 Å². The van der Waals surface area contributed by atoms with Crippen molar-refractivity contribution in [2.75, 3.05) is 5.32 Å². The van der Waals surface area contributed by atoms with Crippen molar-refractivity contribution in [2.24, 2.45) is 7.05 Å². The SMILES string of the molecule is Cn1nnnc1CC(=O)Nc1ccc(OC(F)(F)F)cc1. The van der Waals surface area contributed by atoms with Crippen LogP contribution in [0.3, 0.4) is 0 Å². The van der Waals surface area contributed by atoms with Gasteiger partial charge in [-0.3, -0.25) is 4.79 Å². The largest absolute Gasteiger partial charge is 0.573 e. The average Bonchev–Trinajstić information content (AvgIpc) is 2.76. The molecular formula is C11H10F3N5O2. The number of halogens is 3. The fourth-order valence-corrected chi connectivity index (χ4v) is 1.49. The van der Waals surface area contributed by atoms with Crippen LogP contribution in [0.4, 0.5) is 18.9 Å². The molecule has 1 aromatic heterocycles. The van der Waals surface area contributed by atoms with Gasteiger partial charge in [-0.1, -0.05) is 0 Å². The van der Waals surface area contributed by atoms with E-state index >= 15 is 0 Å². The molecule has 0 unspecified atom stereocenters. The Labute approximate surface area is 116 Å². The molecule has 0 aliphatic rings. The lowest BCUT2D eigenvalue weighted by molar-refractivity contribution is -0.274. The molecule has 1 aromatic carbocycles. The maximum atomic E-state index is 12.0. The van der Waals surface area contributed by atoms with E-state index in [2.05, 4.69) is 25.6 Å². The van der Waals surface area contributed by atoms with Crippen LogP contribution in [0.15, 0.2) is 24.3 Å². The zero-order valence-electron chi connectivity index (χ0n) is 10.8. The van der Waals surface area contributed by atoms with Crippen LogP contribution >= 0.6 is 0 Å². The van der Waals surface area contributed by atoms with Crippen molar-refractivity contribution in [3.63, 3.8) is 0 Å². The average molecular weight is 301 g/mol. The Morgan fingerprint density at radius 2 is 2.00 bits per heavy atom. The molecule has 0 saturated carbocycles. The molecule has 0 saturated heterocycles. The van der Waals surface area contributed by atoms with Crippen molar-refractivity contribution in [1.29, 1.82) is 0 Å². The fraction of sp³-hybridized carbons (Fsp3) is 0.273. The first-order valence-electron chi connectivity index (χ1n) is 5.70. The summed E-state index contributed by atoms with van der Waals surface area (Å²) in [4.78, 5) is 11.7. The number of anilines is 1. The van der Waals surface area contributed by atoms with E-state index in [1.165, 1.54) is 16.8 Å². The summed E-state index contributed by atoms with van der Waals surface area (Å²) in [7, 11) is 1.59. The van der Waals surface area contributed by atoms with Crippen molar-refractivity contribution in [2.45, 2.75) is 12.8 Å². The van der Waals surface area contributed by atoms with Crippen LogP contribution in [0.5, 0.6) is 5.75 Å². The summed E-state index contributed by atoms with van der Waals surface area (Å²) in [5.41, 5.74) is 0.338.